The Morgan fingerprint density at radius 2 is 1.62 bits per heavy atom. The molecule has 2 aromatic carbocycles. The van der Waals surface area contributed by atoms with Gasteiger partial charge in [-0.3, -0.25) is 9.59 Å². The Kier molecular flexibility index (Phi) is 5.39. The van der Waals surface area contributed by atoms with Crippen molar-refractivity contribution in [2.75, 3.05) is 12.4 Å². The monoisotopic (exact) mass is 347 g/mol. The molecule has 0 aliphatic carbocycles. The van der Waals surface area contributed by atoms with Crippen molar-refractivity contribution in [1.82, 2.24) is 0 Å². The first-order valence-electron chi connectivity index (χ1n) is 8.18. The van der Waals surface area contributed by atoms with Crippen LogP contribution in [0.4, 0.5) is 5.69 Å². The number of carbonyl (C=O) groups is 2. The first-order valence-corrected chi connectivity index (χ1v) is 8.18. The van der Waals surface area contributed by atoms with Gasteiger partial charge in [-0.2, -0.15) is 4.57 Å². The van der Waals surface area contributed by atoms with Crippen LogP contribution in [0.3, 0.4) is 0 Å². The molecule has 5 heteroatoms. The van der Waals surface area contributed by atoms with E-state index in [1.165, 1.54) is 0 Å². The van der Waals surface area contributed by atoms with E-state index in [9.17, 15) is 9.59 Å². The van der Waals surface area contributed by atoms with Gasteiger partial charge < -0.3 is 10.1 Å². The zero-order valence-corrected chi connectivity index (χ0v) is 14.4. The molecule has 0 atom stereocenters. The molecule has 0 radical (unpaired) electrons. The van der Waals surface area contributed by atoms with Gasteiger partial charge in [-0.25, -0.2) is 0 Å². The minimum Gasteiger partial charge on any atom is -0.497 e. The van der Waals surface area contributed by atoms with Gasteiger partial charge >= 0.3 is 0 Å². The molecule has 0 saturated carbocycles. The molecular weight excluding hydrogens is 328 g/mol. The number of rotatable bonds is 6. The van der Waals surface area contributed by atoms with Crippen LogP contribution in [0.1, 0.15) is 20.7 Å². The van der Waals surface area contributed by atoms with Crippen LogP contribution in [0.5, 0.6) is 5.75 Å². The standard InChI is InChI=1S/C21H18N2O3/c1-26-19-11-9-18(10-12-19)22-21(25)17-8-5-13-23(14-17)15-20(24)16-6-3-2-4-7-16/h2-14H,15H2,1H3/p+1. The minimum absolute atomic E-state index is 0.0108. The van der Waals surface area contributed by atoms with E-state index in [4.69, 9.17) is 4.74 Å². The minimum atomic E-state index is -0.239. The van der Waals surface area contributed by atoms with Gasteiger partial charge in [-0.05, 0) is 30.3 Å². The molecule has 0 aliphatic rings. The summed E-state index contributed by atoms with van der Waals surface area (Å²) in [5.41, 5.74) is 1.80. The predicted molar refractivity (Wildman–Crippen MR) is 98.4 cm³/mol. The van der Waals surface area contributed by atoms with Crippen molar-refractivity contribution in [2.45, 2.75) is 6.54 Å². The largest absolute Gasteiger partial charge is 0.497 e. The second-order valence-electron chi connectivity index (χ2n) is 5.74. The summed E-state index contributed by atoms with van der Waals surface area (Å²) in [5, 5.41) is 2.83. The molecule has 0 fully saturated rings. The molecule has 1 heterocycles. The van der Waals surface area contributed by atoms with E-state index in [1.54, 1.807) is 72.6 Å². The number of hydrogen-bond acceptors (Lipinski definition) is 3. The Morgan fingerprint density at radius 1 is 0.923 bits per heavy atom. The van der Waals surface area contributed by atoms with Crippen LogP contribution in [0, 0.1) is 0 Å². The Labute approximate surface area is 151 Å². The topological polar surface area (TPSA) is 59.3 Å². The smallest absolute Gasteiger partial charge is 0.261 e. The van der Waals surface area contributed by atoms with Gasteiger partial charge in [-0.15, -0.1) is 0 Å². The van der Waals surface area contributed by atoms with Crippen molar-refractivity contribution in [3.8, 4) is 5.75 Å². The number of nitrogens with zero attached hydrogens (tertiary/aromatic N) is 1. The Balaban J connectivity index is 1.69. The van der Waals surface area contributed by atoms with Crippen LogP contribution >= 0.6 is 0 Å². The molecule has 1 amide bonds. The second-order valence-corrected chi connectivity index (χ2v) is 5.74. The van der Waals surface area contributed by atoms with Crippen molar-refractivity contribution in [1.29, 1.82) is 0 Å². The highest BCUT2D eigenvalue weighted by molar-refractivity contribution is 6.03. The van der Waals surface area contributed by atoms with E-state index in [0.29, 0.717) is 16.8 Å². The summed E-state index contributed by atoms with van der Waals surface area (Å²) >= 11 is 0. The lowest BCUT2D eigenvalue weighted by molar-refractivity contribution is -0.683. The zero-order valence-electron chi connectivity index (χ0n) is 14.4. The van der Waals surface area contributed by atoms with Crippen LogP contribution in [-0.4, -0.2) is 18.8 Å². The van der Waals surface area contributed by atoms with Crippen molar-refractivity contribution in [3.05, 3.63) is 90.3 Å². The number of aromatic nitrogens is 1. The van der Waals surface area contributed by atoms with E-state index < -0.39 is 0 Å². The number of ether oxygens (including phenoxy) is 1. The fourth-order valence-electron chi connectivity index (χ4n) is 2.51. The average Bonchev–Trinajstić information content (AvgIpc) is 2.69. The predicted octanol–water partition coefficient (Wildman–Crippen LogP) is 3.12. The van der Waals surface area contributed by atoms with Crippen molar-refractivity contribution in [3.63, 3.8) is 0 Å². The van der Waals surface area contributed by atoms with Gasteiger partial charge in [0.1, 0.15) is 11.3 Å². The number of methoxy groups -OCH3 is 1. The highest BCUT2D eigenvalue weighted by Gasteiger charge is 2.15. The van der Waals surface area contributed by atoms with Crippen LogP contribution in [0.2, 0.25) is 0 Å². The normalized spacial score (nSPS) is 10.2. The number of benzene rings is 2. The lowest BCUT2D eigenvalue weighted by Gasteiger charge is -2.06. The summed E-state index contributed by atoms with van der Waals surface area (Å²) in [4.78, 5) is 24.7. The Hall–Kier alpha value is -3.47. The molecule has 1 N–H and O–H groups in total. The maximum absolute atomic E-state index is 12.4. The van der Waals surface area contributed by atoms with Crippen molar-refractivity contribution >= 4 is 17.4 Å². The first kappa shape index (κ1) is 17.4. The van der Waals surface area contributed by atoms with Crippen molar-refractivity contribution < 1.29 is 18.9 Å². The fraction of sp³-hybridized carbons (Fsp3) is 0.0952. The molecule has 0 saturated heterocycles. The summed E-state index contributed by atoms with van der Waals surface area (Å²) < 4.78 is 6.81. The lowest BCUT2D eigenvalue weighted by atomic mass is 10.1. The third-order valence-electron chi connectivity index (χ3n) is 3.89. The van der Waals surface area contributed by atoms with Gasteiger partial charge in [0, 0.05) is 17.3 Å². The molecule has 3 rings (SSSR count). The van der Waals surface area contributed by atoms with Crippen LogP contribution in [-0.2, 0) is 6.54 Å². The molecule has 0 bridgehead atoms. The van der Waals surface area contributed by atoms with Gasteiger partial charge in [0.15, 0.2) is 12.4 Å². The van der Waals surface area contributed by atoms with E-state index in [1.807, 2.05) is 18.2 Å². The molecule has 26 heavy (non-hydrogen) atoms. The van der Waals surface area contributed by atoms with Crippen LogP contribution in [0.15, 0.2) is 79.1 Å². The number of anilines is 1. The molecule has 3 aromatic rings. The highest BCUT2D eigenvalue weighted by Crippen LogP contribution is 2.15. The summed E-state index contributed by atoms with van der Waals surface area (Å²) in [7, 11) is 1.59. The number of hydrogen-bond donors (Lipinski definition) is 1. The Morgan fingerprint density at radius 3 is 2.31 bits per heavy atom. The highest BCUT2D eigenvalue weighted by atomic mass is 16.5. The van der Waals surface area contributed by atoms with Gasteiger partial charge in [0.25, 0.3) is 5.91 Å². The third-order valence-corrected chi connectivity index (χ3v) is 3.89. The number of carbonyl (C=O) groups excluding carboxylic acids is 2. The number of Topliss-reactive ketones (excluding diaryl/α,β-unsaturated/α-hetero) is 1. The maximum Gasteiger partial charge on any atom is 0.261 e. The lowest BCUT2D eigenvalue weighted by Crippen LogP contribution is -2.38. The number of ketones is 1. The summed E-state index contributed by atoms with van der Waals surface area (Å²) in [6.45, 7) is 0.174. The third kappa shape index (κ3) is 4.33. The van der Waals surface area contributed by atoms with E-state index in [-0.39, 0.29) is 18.2 Å². The van der Waals surface area contributed by atoms with Crippen molar-refractivity contribution in [2.24, 2.45) is 0 Å². The Bertz CT molecular complexity index is 906. The second kappa shape index (κ2) is 8.07. The van der Waals surface area contributed by atoms with Gasteiger partial charge in [0.2, 0.25) is 12.3 Å². The van der Waals surface area contributed by atoms with Crippen LogP contribution in [0.25, 0.3) is 0 Å². The van der Waals surface area contributed by atoms with E-state index >= 15 is 0 Å². The summed E-state index contributed by atoms with van der Waals surface area (Å²) in [6.07, 6.45) is 3.44. The molecular formula is C21H19N2O3+. The first-order chi connectivity index (χ1) is 12.7. The molecule has 130 valence electrons. The van der Waals surface area contributed by atoms with E-state index in [0.717, 1.165) is 5.75 Å². The molecule has 0 spiro atoms. The summed E-state index contributed by atoms with van der Waals surface area (Å²) in [6, 6.07) is 19.6. The zero-order chi connectivity index (χ0) is 18.4. The quantitative estimate of drug-likeness (QED) is 0.550. The molecule has 0 unspecified atom stereocenters. The molecule has 0 aliphatic heterocycles. The van der Waals surface area contributed by atoms with Gasteiger partial charge in [-0.1, -0.05) is 30.3 Å². The number of pyridine rings is 1. The molecule has 1 aromatic heterocycles. The van der Waals surface area contributed by atoms with Gasteiger partial charge in [0.05, 0.1) is 7.11 Å². The number of nitrogens with one attached hydrogen (secondary N) is 1. The summed E-state index contributed by atoms with van der Waals surface area (Å²) in [5.74, 6) is 0.472. The maximum atomic E-state index is 12.4. The average molecular weight is 347 g/mol. The molecule has 5 nitrogen and oxygen atoms in total. The van der Waals surface area contributed by atoms with E-state index in [2.05, 4.69) is 5.32 Å². The SMILES string of the molecule is COc1ccc(NC(=O)c2ccc[n+](CC(=O)c3ccccc3)c2)cc1. The number of amides is 1. The van der Waals surface area contributed by atoms with Crippen LogP contribution < -0.4 is 14.6 Å². The fourth-order valence-corrected chi connectivity index (χ4v) is 2.51.